The minimum Gasteiger partial charge on any atom is -0.468 e. The maximum absolute atomic E-state index is 13.6. The van der Waals surface area contributed by atoms with Crippen molar-refractivity contribution in [1.29, 1.82) is 0 Å². The number of hydrogen-bond acceptors (Lipinski definition) is 7. The highest BCUT2D eigenvalue weighted by atomic mass is 32.2. The fourth-order valence-electron chi connectivity index (χ4n) is 2.83. The maximum atomic E-state index is 13.6. The molecule has 0 aromatic heterocycles. The van der Waals surface area contributed by atoms with Gasteiger partial charge in [-0.2, -0.15) is 13.2 Å². The number of amides is 2. The molecule has 2 aromatic rings. The Hall–Kier alpha value is -3.31. The Labute approximate surface area is 184 Å². The molecule has 3 N–H and O–H groups in total. The third-order valence-electron chi connectivity index (χ3n) is 4.36. The zero-order chi connectivity index (χ0) is 23.5. The van der Waals surface area contributed by atoms with Crippen LogP contribution in [0, 0.1) is 0 Å². The molecule has 1 aliphatic heterocycles. The van der Waals surface area contributed by atoms with Crippen molar-refractivity contribution in [3.8, 4) is 11.5 Å². The average Bonchev–Trinajstić information content (AvgIpc) is 3.05. The molecule has 168 valence electrons. The molecule has 1 unspecified atom stereocenters. The summed E-state index contributed by atoms with van der Waals surface area (Å²) in [5, 5.41) is 1.45. The van der Waals surface area contributed by atoms with Crippen molar-refractivity contribution in [3.63, 3.8) is 0 Å². The number of rotatable bonds is 6. The summed E-state index contributed by atoms with van der Waals surface area (Å²) in [5.41, 5.74) is 5.42. The van der Waals surface area contributed by atoms with Crippen molar-refractivity contribution < 1.29 is 37.0 Å². The highest BCUT2D eigenvalue weighted by molar-refractivity contribution is 8.18. The lowest BCUT2D eigenvalue weighted by atomic mass is 10.1. The summed E-state index contributed by atoms with van der Waals surface area (Å²) in [5.74, 6) is -1.53. The highest BCUT2D eigenvalue weighted by Gasteiger charge is 2.35. The lowest BCUT2D eigenvalue weighted by Crippen LogP contribution is -2.33. The first-order chi connectivity index (χ1) is 15.1. The largest absolute Gasteiger partial charge is 0.468 e. The topological polar surface area (TPSA) is 108 Å². The van der Waals surface area contributed by atoms with Gasteiger partial charge in [0.1, 0.15) is 17.5 Å². The van der Waals surface area contributed by atoms with Crippen molar-refractivity contribution in [1.82, 2.24) is 5.32 Å². The minimum atomic E-state index is -4.72. The maximum Gasteiger partial charge on any atom is 0.420 e. The van der Waals surface area contributed by atoms with E-state index in [0.717, 1.165) is 12.1 Å². The van der Waals surface area contributed by atoms with Crippen LogP contribution in [-0.2, 0) is 26.9 Å². The van der Waals surface area contributed by atoms with E-state index in [1.54, 1.807) is 12.1 Å². The lowest BCUT2D eigenvalue weighted by Gasteiger charge is -2.15. The predicted octanol–water partition coefficient (Wildman–Crippen LogP) is 3.86. The Bertz CT molecular complexity index is 1080. The number of carbonyl (C=O) groups excluding carboxylic acids is 3. The number of methoxy groups -OCH3 is 1. The second kappa shape index (κ2) is 9.45. The Morgan fingerprint density at radius 3 is 2.44 bits per heavy atom. The predicted molar refractivity (Wildman–Crippen MR) is 111 cm³/mol. The Morgan fingerprint density at radius 1 is 1.19 bits per heavy atom. The van der Waals surface area contributed by atoms with E-state index < -0.39 is 40.6 Å². The van der Waals surface area contributed by atoms with Crippen LogP contribution in [0.1, 0.15) is 16.7 Å². The minimum absolute atomic E-state index is 0.00227. The van der Waals surface area contributed by atoms with Crippen molar-refractivity contribution in [3.05, 3.63) is 64.1 Å². The molecule has 32 heavy (non-hydrogen) atoms. The number of imide groups is 1. The molecule has 2 amide bonds. The van der Waals surface area contributed by atoms with Gasteiger partial charge in [-0.1, -0.05) is 18.2 Å². The number of ether oxygens (including phenoxy) is 2. The number of esters is 1. The summed E-state index contributed by atoms with van der Waals surface area (Å²) in [6.45, 7) is 0. The van der Waals surface area contributed by atoms with Crippen LogP contribution in [0.3, 0.4) is 0 Å². The van der Waals surface area contributed by atoms with Crippen LogP contribution in [0.2, 0.25) is 0 Å². The number of alkyl halides is 3. The summed E-state index contributed by atoms with van der Waals surface area (Å²) < 4.78 is 50.8. The van der Waals surface area contributed by atoms with Crippen molar-refractivity contribution in [2.75, 3.05) is 7.11 Å². The van der Waals surface area contributed by atoms with Gasteiger partial charge in [-0.25, -0.2) is 0 Å². The Kier molecular flexibility index (Phi) is 6.90. The molecular weight excluding hydrogens is 449 g/mol. The van der Waals surface area contributed by atoms with E-state index in [1.165, 1.54) is 31.4 Å². The molecule has 1 fully saturated rings. The van der Waals surface area contributed by atoms with E-state index in [-0.39, 0.29) is 22.6 Å². The zero-order valence-corrected chi connectivity index (χ0v) is 17.4. The van der Waals surface area contributed by atoms with Gasteiger partial charge in [0.25, 0.3) is 11.1 Å². The SMILES string of the molecule is COC(=O)C(N)Cc1ccc(Oc2ccc(C=C3SC(=O)NC3=O)cc2C(F)(F)F)cc1. The van der Waals surface area contributed by atoms with E-state index in [1.807, 2.05) is 5.32 Å². The fraction of sp³-hybridized carbons (Fsp3) is 0.190. The number of halogens is 3. The number of hydrogen-bond donors (Lipinski definition) is 2. The number of carbonyl (C=O) groups is 3. The van der Waals surface area contributed by atoms with Gasteiger partial charge < -0.3 is 15.2 Å². The van der Waals surface area contributed by atoms with Crippen molar-refractivity contribution in [2.24, 2.45) is 5.73 Å². The average molecular weight is 466 g/mol. The molecule has 0 spiro atoms. The summed E-state index contributed by atoms with van der Waals surface area (Å²) in [6, 6.07) is 8.53. The highest BCUT2D eigenvalue weighted by Crippen LogP contribution is 2.39. The van der Waals surface area contributed by atoms with Crippen molar-refractivity contribution >= 4 is 35.0 Å². The molecule has 1 heterocycles. The Balaban J connectivity index is 1.82. The second-order valence-electron chi connectivity index (χ2n) is 6.69. The van der Waals surface area contributed by atoms with Gasteiger partial charge in [-0.15, -0.1) is 0 Å². The molecule has 1 saturated heterocycles. The number of benzene rings is 2. The van der Waals surface area contributed by atoms with Gasteiger partial charge in [-0.3, -0.25) is 19.7 Å². The van der Waals surface area contributed by atoms with Gasteiger partial charge in [0.15, 0.2) is 0 Å². The van der Waals surface area contributed by atoms with Gasteiger partial charge >= 0.3 is 12.1 Å². The number of nitrogens with one attached hydrogen (secondary N) is 1. The molecule has 0 saturated carbocycles. The van der Waals surface area contributed by atoms with E-state index in [4.69, 9.17) is 10.5 Å². The molecule has 0 aliphatic carbocycles. The summed E-state index contributed by atoms with van der Waals surface area (Å²) in [7, 11) is 1.22. The summed E-state index contributed by atoms with van der Waals surface area (Å²) >= 11 is 0.608. The van der Waals surface area contributed by atoms with Crippen LogP contribution in [0.15, 0.2) is 47.4 Å². The Morgan fingerprint density at radius 2 is 1.88 bits per heavy atom. The molecule has 1 atom stereocenters. The molecule has 11 heteroatoms. The van der Waals surface area contributed by atoms with E-state index in [2.05, 4.69) is 4.74 Å². The fourth-order valence-corrected chi connectivity index (χ4v) is 3.51. The number of nitrogens with two attached hydrogens (primary N) is 1. The van der Waals surface area contributed by atoms with Crippen molar-refractivity contribution in [2.45, 2.75) is 18.6 Å². The van der Waals surface area contributed by atoms with E-state index >= 15 is 0 Å². The van der Waals surface area contributed by atoms with Crippen LogP contribution >= 0.6 is 11.8 Å². The van der Waals surface area contributed by atoms with Gasteiger partial charge in [-0.05, 0) is 59.7 Å². The third-order valence-corrected chi connectivity index (χ3v) is 5.17. The van der Waals surface area contributed by atoms with Gasteiger partial charge in [0.05, 0.1) is 17.6 Å². The quantitative estimate of drug-likeness (QED) is 0.492. The standard InChI is InChI=1S/C21H17F3N2O5S/c1-30-19(28)15(25)9-11-2-5-13(6-3-11)31-16-7-4-12(8-14(16)21(22,23)24)10-17-18(27)26-20(29)32-17/h2-8,10,15H,9,25H2,1H3,(H,26,27,29). The van der Waals surface area contributed by atoms with E-state index in [9.17, 15) is 27.6 Å². The smallest absolute Gasteiger partial charge is 0.420 e. The molecular formula is C21H17F3N2O5S. The molecule has 0 bridgehead atoms. The van der Waals surface area contributed by atoms with Crippen LogP contribution in [0.25, 0.3) is 6.08 Å². The number of thioether (sulfide) groups is 1. The van der Waals surface area contributed by atoms with E-state index in [0.29, 0.717) is 17.3 Å². The molecule has 0 radical (unpaired) electrons. The molecule has 2 aromatic carbocycles. The monoisotopic (exact) mass is 466 g/mol. The normalized spacial score (nSPS) is 16.1. The first-order valence-electron chi connectivity index (χ1n) is 9.13. The lowest BCUT2D eigenvalue weighted by molar-refractivity contribution is -0.142. The van der Waals surface area contributed by atoms with Crippen LogP contribution in [-0.4, -0.2) is 30.3 Å². The summed E-state index contributed by atoms with van der Waals surface area (Å²) in [6.07, 6.45) is -3.33. The summed E-state index contributed by atoms with van der Waals surface area (Å²) in [4.78, 5) is 34.3. The van der Waals surface area contributed by atoms with Gasteiger partial charge in [0.2, 0.25) is 0 Å². The molecule has 7 nitrogen and oxygen atoms in total. The first-order valence-corrected chi connectivity index (χ1v) is 9.95. The second-order valence-corrected chi connectivity index (χ2v) is 7.70. The first kappa shape index (κ1) is 23.4. The molecule has 1 aliphatic rings. The molecule has 3 rings (SSSR count). The van der Waals surface area contributed by atoms with Crippen LogP contribution in [0.4, 0.5) is 18.0 Å². The zero-order valence-electron chi connectivity index (χ0n) is 16.6. The third kappa shape index (κ3) is 5.68. The van der Waals surface area contributed by atoms with Crippen LogP contribution < -0.4 is 15.8 Å². The van der Waals surface area contributed by atoms with Gasteiger partial charge in [0, 0.05) is 0 Å². The van der Waals surface area contributed by atoms with Crippen LogP contribution in [0.5, 0.6) is 11.5 Å².